The third-order valence-corrected chi connectivity index (χ3v) is 5.23. The molecule has 0 spiro atoms. The summed E-state index contributed by atoms with van der Waals surface area (Å²) in [5.74, 6) is -0.0743. The van der Waals surface area contributed by atoms with E-state index in [4.69, 9.17) is 9.47 Å². The molecule has 0 aromatic heterocycles. The normalized spacial score (nSPS) is 23.0. The Labute approximate surface area is 170 Å². The highest BCUT2D eigenvalue weighted by atomic mass is 16.5. The number of ether oxygens (including phenoxy) is 2. The fraction of sp³-hybridized carbons (Fsp3) is 0.583. The van der Waals surface area contributed by atoms with E-state index in [9.17, 15) is 9.59 Å². The van der Waals surface area contributed by atoms with Crippen LogP contribution in [-0.2, 0) is 19.1 Å². The van der Waals surface area contributed by atoms with E-state index in [-0.39, 0.29) is 30.1 Å². The zero-order chi connectivity index (χ0) is 21.3. The number of esters is 2. The van der Waals surface area contributed by atoms with Crippen LogP contribution in [0.1, 0.15) is 67.7 Å². The molecule has 0 radical (unpaired) electrons. The van der Waals surface area contributed by atoms with Crippen LogP contribution >= 0.6 is 0 Å². The fourth-order valence-electron chi connectivity index (χ4n) is 3.61. The molecule has 156 valence electrons. The van der Waals surface area contributed by atoms with Gasteiger partial charge in [0.1, 0.15) is 12.7 Å². The molecule has 1 aliphatic carbocycles. The van der Waals surface area contributed by atoms with E-state index in [1.165, 1.54) is 32.3 Å². The lowest BCUT2D eigenvalue weighted by Crippen LogP contribution is -2.27. The monoisotopic (exact) mass is 388 g/mol. The van der Waals surface area contributed by atoms with Crippen molar-refractivity contribution in [3.8, 4) is 0 Å². The van der Waals surface area contributed by atoms with Gasteiger partial charge in [-0.3, -0.25) is 9.59 Å². The van der Waals surface area contributed by atoms with Crippen LogP contribution in [0.4, 0.5) is 0 Å². The van der Waals surface area contributed by atoms with Crippen LogP contribution in [0, 0.1) is 11.3 Å². The third-order valence-electron chi connectivity index (χ3n) is 5.23. The largest absolute Gasteiger partial charge is 0.462 e. The highest BCUT2D eigenvalue weighted by molar-refractivity contribution is 5.67. The Hall–Kier alpha value is -2.10. The number of carbonyl (C=O) groups excluding carboxylic acids is 2. The molecule has 0 aliphatic heterocycles. The Bertz CT molecular complexity index is 677. The summed E-state index contributed by atoms with van der Waals surface area (Å²) in [4.78, 5) is 22.4. The molecule has 0 aromatic carbocycles. The van der Waals surface area contributed by atoms with Gasteiger partial charge in [-0.15, -0.1) is 0 Å². The van der Waals surface area contributed by atoms with Gasteiger partial charge in [0.25, 0.3) is 0 Å². The summed E-state index contributed by atoms with van der Waals surface area (Å²) in [6.07, 6.45) is 13.0. The number of allylic oxidation sites excluding steroid dienone is 5. The van der Waals surface area contributed by atoms with Crippen molar-refractivity contribution in [3.63, 3.8) is 0 Å². The Morgan fingerprint density at radius 2 is 1.86 bits per heavy atom. The van der Waals surface area contributed by atoms with Crippen molar-refractivity contribution >= 4 is 11.9 Å². The summed E-state index contributed by atoms with van der Waals surface area (Å²) in [7, 11) is 0. The van der Waals surface area contributed by atoms with Crippen LogP contribution in [0.15, 0.2) is 47.1 Å². The first-order chi connectivity index (χ1) is 13.0. The minimum Gasteiger partial charge on any atom is -0.462 e. The first-order valence-electron chi connectivity index (χ1n) is 10.1. The lowest BCUT2D eigenvalue weighted by Gasteiger charge is -2.38. The van der Waals surface area contributed by atoms with Gasteiger partial charge in [-0.2, -0.15) is 0 Å². The molecule has 1 saturated carbocycles. The van der Waals surface area contributed by atoms with E-state index in [0.717, 1.165) is 17.6 Å². The SMILES string of the molecule is CC(=O)OCC=C(C)C=CC=C(C)C(C=C1C(C)CCCC1(C)C)OC(C)=O. The molecule has 0 heterocycles. The summed E-state index contributed by atoms with van der Waals surface area (Å²) < 4.78 is 10.5. The van der Waals surface area contributed by atoms with Crippen molar-refractivity contribution in [2.24, 2.45) is 11.3 Å². The quantitative estimate of drug-likeness (QED) is 0.319. The van der Waals surface area contributed by atoms with Crippen LogP contribution in [-0.4, -0.2) is 24.6 Å². The lowest BCUT2D eigenvalue weighted by molar-refractivity contribution is -0.143. The molecule has 4 nitrogen and oxygen atoms in total. The first kappa shape index (κ1) is 23.9. The molecule has 28 heavy (non-hydrogen) atoms. The van der Waals surface area contributed by atoms with Crippen LogP contribution in [0.3, 0.4) is 0 Å². The molecule has 4 heteroatoms. The maximum Gasteiger partial charge on any atom is 0.303 e. The molecule has 2 unspecified atom stereocenters. The summed E-state index contributed by atoms with van der Waals surface area (Å²) in [6, 6.07) is 0. The molecule has 1 fully saturated rings. The number of hydrogen-bond acceptors (Lipinski definition) is 4. The second-order valence-corrected chi connectivity index (χ2v) is 8.35. The molecule has 2 atom stereocenters. The highest BCUT2D eigenvalue weighted by Crippen LogP contribution is 2.43. The van der Waals surface area contributed by atoms with Crippen molar-refractivity contribution < 1.29 is 19.1 Å². The summed E-state index contributed by atoms with van der Waals surface area (Å²) >= 11 is 0. The van der Waals surface area contributed by atoms with Crippen molar-refractivity contribution in [3.05, 3.63) is 47.1 Å². The van der Waals surface area contributed by atoms with Crippen molar-refractivity contribution in [2.45, 2.75) is 73.8 Å². The predicted molar refractivity (Wildman–Crippen MR) is 114 cm³/mol. The average Bonchev–Trinajstić information content (AvgIpc) is 2.56. The molecule has 0 N–H and O–H groups in total. The van der Waals surface area contributed by atoms with Crippen LogP contribution in [0.5, 0.6) is 0 Å². The Morgan fingerprint density at radius 1 is 1.18 bits per heavy atom. The number of rotatable bonds is 7. The van der Waals surface area contributed by atoms with Crippen LogP contribution in [0.2, 0.25) is 0 Å². The third kappa shape index (κ3) is 8.28. The molecule has 0 saturated heterocycles. The van der Waals surface area contributed by atoms with Gasteiger partial charge in [-0.1, -0.05) is 56.6 Å². The van der Waals surface area contributed by atoms with Gasteiger partial charge in [-0.05, 0) is 55.7 Å². The molecular formula is C24H36O4. The van der Waals surface area contributed by atoms with Crippen LogP contribution < -0.4 is 0 Å². The van der Waals surface area contributed by atoms with Gasteiger partial charge in [0.15, 0.2) is 0 Å². The van der Waals surface area contributed by atoms with Gasteiger partial charge >= 0.3 is 11.9 Å². The van der Waals surface area contributed by atoms with Gasteiger partial charge < -0.3 is 9.47 Å². The zero-order valence-electron chi connectivity index (χ0n) is 18.5. The van der Waals surface area contributed by atoms with E-state index in [1.54, 1.807) is 0 Å². The number of carbonyl (C=O) groups is 2. The van der Waals surface area contributed by atoms with Crippen molar-refractivity contribution in [2.75, 3.05) is 6.61 Å². The second-order valence-electron chi connectivity index (χ2n) is 8.35. The molecule has 0 bridgehead atoms. The fourth-order valence-corrected chi connectivity index (χ4v) is 3.61. The molecule has 1 aliphatic rings. The predicted octanol–water partition coefficient (Wildman–Crippen LogP) is 5.70. The van der Waals surface area contributed by atoms with E-state index in [1.807, 2.05) is 38.2 Å². The van der Waals surface area contributed by atoms with Crippen LogP contribution in [0.25, 0.3) is 0 Å². The van der Waals surface area contributed by atoms with Gasteiger partial charge in [0.05, 0.1) is 0 Å². The Balaban J connectivity index is 2.98. The van der Waals surface area contributed by atoms with Crippen molar-refractivity contribution in [1.29, 1.82) is 0 Å². The van der Waals surface area contributed by atoms with E-state index < -0.39 is 0 Å². The van der Waals surface area contributed by atoms with E-state index >= 15 is 0 Å². The smallest absolute Gasteiger partial charge is 0.303 e. The van der Waals surface area contributed by atoms with Gasteiger partial charge in [-0.25, -0.2) is 0 Å². The van der Waals surface area contributed by atoms with E-state index in [2.05, 4.69) is 26.8 Å². The summed E-state index contributed by atoms with van der Waals surface area (Å²) in [5.41, 5.74) is 3.47. The van der Waals surface area contributed by atoms with Gasteiger partial charge in [0, 0.05) is 13.8 Å². The first-order valence-corrected chi connectivity index (χ1v) is 10.1. The van der Waals surface area contributed by atoms with E-state index in [0.29, 0.717) is 5.92 Å². The maximum absolute atomic E-state index is 11.7. The van der Waals surface area contributed by atoms with Crippen molar-refractivity contribution in [1.82, 2.24) is 0 Å². The number of hydrogen-bond donors (Lipinski definition) is 0. The topological polar surface area (TPSA) is 52.6 Å². The summed E-state index contributed by atoms with van der Waals surface area (Å²) in [5, 5.41) is 0. The molecule has 0 amide bonds. The summed E-state index contributed by atoms with van der Waals surface area (Å²) in [6.45, 7) is 13.8. The lowest BCUT2D eigenvalue weighted by atomic mass is 9.68. The molecular weight excluding hydrogens is 352 g/mol. The Morgan fingerprint density at radius 3 is 2.43 bits per heavy atom. The van der Waals surface area contributed by atoms with Gasteiger partial charge in [0.2, 0.25) is 0 Å². The molecule has 1 rings (SSSR count). The second kappa shape index (κ2) is 11.0. The Kier molecular flexibility index (Phi) is 9.44. The average molecular weight is 389 g/mol. The minimum atomic E-state index is -0.359. The standard InChI is InChI=1S/C24H36O4/c1-17(13-15-27-20(4)25)10-8-11-19(3)23(28-21(5)26)16-22-18(2)12-9-14-24(22,6)7/h8,10-11,13,16,18,23H,9,12,14-15H2,1-7H3. The maximum atomic E-state index is 11.7. The molecule has 0 aromatic rings. The zero-order valence-corrected chi connectivity index (χ0v) is 18.5. The minimum absolute atomic E-state index is 0.127. The highest BCUT2D eigenvalue weighted by Gasteiger charge is 2.32.